The molecule has 1 aliphatic rings. The zero-order valence-corrected chi connectivity index (χ0v) is 10.6. The summed E-state index contributed by atoms with van der Waals surface area (Å²) in [7, 11) is 1.71. The minimum absolute atomic E-state index is 0.0290. The van der Waals surface area contributed by atoms with Crippen molar-refractivity contribution in [2.45, 2.75) is 39.2 Å². The molecule has 0 aromatic heterocycles. The van der Waals surface area contributed by atoms with Crippen molar-refractivity contribution in [2.24, 2.45) is 17.1 Å². The van der Waals surface area contributed by atoms with Gasteiger partial charge in [0.15, 0.2) is 0 Å². The van der Waals surface area contributed by atoms with E-state index >= 15 is 0 Å². The third-order valence-electron chi connectivity index (χ3n) is 3.45. The zero-order valence-electron chi connectivity index (χ0n) is 10.6. The van der Waals surface area contributed by atoms with Gasteiger partial charge in [0, 0.05) is 20.3 Å². The fourth-order valence-corrected chi connectivity index (χ4v) is 1.71. The second-order valence-corrected chi connectivity index (χ2v) is 5.23. The van der Waals surface area contributed by atoms with Gasteiger partial charge in [-0.2, -0.15) is 0 Å². The summed E-state index contributed by atoms with van der Waals surface area (Å²) in [6, 6.07) is -0.391. The van der Waals surface area contributed by atoms with Crippen LogP contribution in [0.3, 0.4) is 0 Å². The lowest BCUT2D eigenvalue weighted by Gasteiger charge is -2.19. The Morgan fingerprint density at radius 2 is 2.12 bits per heavy atom. The van der Waals surface area contributed by atoms with Crippen molar-refractivity contribution in [1.82, 2.24) is 5.32 Å². The van der Waals surface area contributed by atoms with E-state index in [1.807, 2.05) is 13.8 Å². The number of hydrogen-bond donors (Lipinski definition) is 2. The summed E-state index contributed by atoms with van der Waals surface area (Å²) in [6.45, 7) is 5.44. The van der Waals surface area contributed by atoms with Crippen molar-refractivity contribution < 1.29 is 9.53 Å². The number of amides is 1. The Bertz CT molecular complexity index is 237. The summed E-state index contributed by atoms with van der Waals surface area (Å²) in [6.07, 6.45) is 3.40. The highest BCUT2D eigenvalue weighted by atomic mass is 16.5. The molecular weight excluding hydrogens is 204 g/mol. The van der Waals surface area contributed by atoms with Crippen LogP contribution >= 0.6 is 0 Å². The summed E-state index contributed by atoms with van der Waals surface area (Å²) < 4.78 is 5.07. The van der Waals surface area contributed by atoms with Gasteiger partial charge in [0.2, 0.25) is 5.91 Å². The van der Waals surface area contributed by atoms with E-state index < -0.39 is 6.04 Å². The molecule has 16 heavy (non-hydrogen) atoms. The van der Waals surface area contributed by atoms with Gasteiger partial charge >= 0.3 is 0 Å². The predicted molar refractivity (Wildman–Crippen MR) is 64.0 cm³/mol. The number of carbonyl (C=O) groups excluding carboxylic acids is 1. The average Bonchev–Trinajstić information content (AvgIpc) is 3.02. The number of rotatable bonds is 7. The number of ether oxygens (including phenoxy) is 1. The Balaban J connectivity index is 2.26. The smallest absolute Gasteiger partial charge is 0.237 e. The molecule has 0 heterocycles. The molecular formula is C12H24N2O2. The number of carbonyl (C=O) groups is 1. The van der Waals surface area contributed by atoms with E-state index in [4.69, 9.17) is 10.5 Å². The highest BCUT2D eigenvalue weighted by Gasteiger charge is 2.42. The van der Waals surface area contributed by atoms with Crippen LogP contribution in [-0.4, -0.2) is 32.2 Å². The van der Waals surface area contributed by atoms with E-state index in [9.17, 15) is 4.79 Å². The molecule has 1 saturated carbocycles. The van der Waals surface area contributed by atoms with Crippen LogP contribution < -0.4 is 11.1 Å². The van der Waals surface area contributed by atoms with Crippen LogP contribution in [0.25, 0.3) is 0 Å². The minimum atomic E-state index is -0.391. The van der Waals surface area contributed by atoms with Gasteiger partial charge in [0.25, 0.3) is 0 Å². The van der Waals surface area contributed by atoms with Gasteiger partial charge in [-0.15, -0.1) is 0 Å². The largest absolute Gasteiger partial charge is 0.385 e. The van der Waals surface area contributed by atoms with Crippen LogP contribution in [0.1, 0.15) is 33.1 Å². The molecule has 1 atom stereocenters. The first kappa shape index (κ1) is 13.5. The van der Waals surface area contributed by atoms with Crippen LogP contribution in [-0.2, 0) is 9.53 Å². The maximum Gasteiger partial charge on any atom is 0.237 e. The molecule has 1 rings (SSSR count). The Morgan fingerprint density at radius 1 is 1.50 bits per heavy atom. The van der Waals surface area contributed by atoms with Crippen molar-refractivity contribution in [3.63, 3.8) is 0 Å². The molecule has 4 heteroatoms. The maximum atomic E-state index is 11.7. The van der Waals surface area contributed by atoms with E-state index in [1.54, 1.807) is 7.11 Å². The summed E-state index contributed by atoms with van der Waals surface area (Å²) in [5, 5.41) is 2.96. The van der Waals surface area contributed by atoms with Crippen molar-refractivity contribution in [2.75, 3.05) is 20.3 Å². The van der Waals surface area contributed by atoms with Crippen LogP contribution in [0.15, 0.2) is 0 Å². The molecule has 0 saturated heterocycles. The predicted octanol–water partition coefficient (Wildman–Crippen LogP) is 0.903. The Kier molecular flexibility index (Phi) is 4.74. The summed E-state index contributed by atoms with van der Waals surface area (Å²) in [5.74, 6) is 0.160. The first-order chi connectivity index (χ1) is 7.51. The molecule has 0 unspecified atom stereocenters. The van der Waals surface area contributed by atoms with Crippen LogP contribution in [0.4, 0.5) is 0 Å². The van der Waals surface area contributed by atoms with Crippen LogP contribution in [0.5, 0.6) is 0 Å². The second kappa shape index (κ2) is 5.64. The third kappa shape index (κ3) is 3.76. The van der Waals surface area contributed by atoms with Gasteiger partial charge in [-0.1, -0.05) is 13.8 Å². The van der Waals surface area contributed by atoms with Gasteiger partial charge < -0.3 is 15.8 Å². The van der Waals surface area contributed by atoms with Gasteiger partial charge in [-0.05, 0) is 30.6 Å². The van der Waals surface area contributed by atoms with E-state index in [-0.39, 0.29) is 11.8 Å². The number of hydrogen-bond acceptors (Lipinski definition) is 3. The standard InChI is InChI=1S/C12H24N2O2/c1-9(2)10(13)11(15)14-8-12(4-5-12)6-7-16-3/h9-10H,4-8,13H2,1-3H3,(H,14,15)/t10-/m1/s1. The normalized spacial score (nSPS) is 19.6. The van der Waals surface area contributed by atoms with Gasteiger partial charge in [-0.3, -0.25) is 4.79 Å². The second-order valence-electron chi connectivity index (χ2n) is 5.23. The quantitative estimate of drug-likeness (QED) is 0.680. The molecule has 0 spiro atoms. The highest BCUT2D eigenvalue weighted by molar-refractivity contribution is 5.81. The minimum Gasteiger partial charge on any atom is -0.385 e. The molecule has 0 bridgehead atoms. The summed E-state index contributed by atoms with van der Waals surface area (Å²) in [5.41, 5.74) is 6.07. The monoisotopic (exact) mass is 228 g/mol. The molecule has 1 fully saturated rings. The van der Waals surface area contributed by atoms with Crippen molar-refractivity contribution in [1.29, 1.82) is 0 Å². The Labute approximate surface area is 97.9 Å². The van der Waals surface area contributed by atoms with Gasteiger partial charge in [0.1, 0.15) is 0 Å². The Morgan fingerprint density at radius 3 is 2.56 bits per heavy atom. The fraction of sp³-hybridized carbons (Fsp3) is 0.917. The fourth-order valence-electron chi connectivity index (χ4n) is 1.71. The molecule has 4 nitrogen and oxygen atoms in total. The molecule has 0 aromatic carbocycles. The lowest BCUT2D eigenvalue weighted by Crippen LogP contribution is -2.45. The number of nitrogens with two attached hydrogens (primary N) is 1. The molecule has 0 aromatic rings. The molecule has 1 amide bonds. The maximum absolute atomic E-state index is 11.7. The number of methoxy groups -OCH3 is 1. The summed E-state index contributed by atoms with van der Waals surface area (Å²) >= 11 is 0. The summed E-state index contributed by atoms with van der Waals surface area (Å²) in [4.78, 5) is 11.7. The van der Waals surface area contributed by atoms with Crippen LogP contribution in [0, 0.1) is 11.3 Å². The van der Waals surface area contributed by atoms with Gasteiger partial charge in [0.05, 0.1) is 6.04 Å². The Hall–Kier alpha value is -0.610. The molecule has 0 radical (unpaired) electrons. The van der Waals surface area contributed by atoms with E-state index in [0.717, 1.165) is 19.6 Å². The van der Waals surface area contributed by atoms with Crippen LogP contribution in [0.2, 0.25) is 0 Å². The first-order valence-corrected chi connectivity index (χ1v) is 6.03. The van der Waals surface area contributed by atoms with E-state index in [1.165, 1.54) is 12.8 Å². The highest BCUT2D eigenvalue weighted by Crippen LogP contribution is 2.48. The van der Waals surface area contributed by atoms with Crippen molar-refractivity contribution in [3.05, 3.63) is 0 Å². The molecule has 94 valence electrons. The van der Waals surface area contributed by atoms with E-state index in [0.29, 0.717) is 5.41 Å². The van der Waals surface area contributed by atoms with E-state index in [2.05, 4.69) is 5.32 Å². The first-order valence-electron chi connectivity index (χ1n) is 6.03. The number of nitrogens with one attached hydrogen (secondary N) is 1. The third-order valence-corrected chi connectivity index (χ3v) is 3.45. The molecule has 3 N–H and O–H groups in total. The zero-order chi connectivity index (χ0) is 12.2. The molecule has 1 aliphatic carbocycles. The van der Waals surface area contributed by atoms with Crippen molar-refractivity contribution >= 4 is 5.91 Å². The molecule has 0 aliphatic heterocycles. The lowest BCUT2D eigenvalue weighted by atomic mass is 10.0. The average molecular weight is 228 g/mol. The van der Waals surface area contributed by atoms with Crippen molar-refractivity contribution in [3.8, 4) is 0 Å². The topological polar surface area (TPSA) is 64.3 Å². The van der Waals surface area contributed by atoms with Gasteiger partial charge in [-0.25, -0.2) is 0 Å². The lowest BCUT2D eigenvalue weighted by molar-refractivity contribution is -0.123. The SMILES string of the molecule is COCCC1(CNC(=O)[C@H](N)C(C)C)CC1.